The molecule has 1 saturated heterocycles. The monoisotopic (exact) mass is 268 g/mol. The molecule has 18 heavy (non-hydrogen) atoms. The SMILES string of the molecule is Cc1n[c]cn1CCCC(=O)N1CCSCC1O. The van der Waals surface area contributed by atoms with Crippen LogP contribution in [0.2, 0.25) is 0 Å². The number of carbonyl (C=O) groups excluding carboxylic acids is 1. The van der Waals surface area contributed by atoms with Crippen molar-refractivity contribution in [2.24, 2.45) is 0 Å². The van der Waals surface area contributed by atoms with Gasteiger partial charge in [-0.25, -0.2) is 4.98 Å². The first-order valence-electron chi connectivity index (χ1n) is 6.13. The number of amides is 1. The molecule has 0 bridgehead atoms. The molecule has 0 aromatic carbocycles. The lowest BCUT2D eigenvalue weighted by atomic mass is 10.2. The highest BCUT2D eigenvalue weighted by Gasteiger charge is 2.24. The standard InChI is InChI=1S/C12H18N3O2S/c1-10-13-4-6-14(10)5-2-3-11(16)15-7-8-18-9-12(15)17/h6,12,17H,2-3,5,7-9H2,1H3. The summed E-state index contributed by atoms with van der Waals surface area (Å²) in [5.74, 6) is 2.50. The van der Waals surface area contributed by atoms with E-state index in [9.17, 15) is 9.90 Å². The van der Waals surface area contributed by atoms with Gasteiger partial charge in [-0.15, -0.1) is 0 Å². The fourth-order valence-corrected chi connectivity index (χ4v) is 2.88. The number of nitrogens with zero attached hydrogens (tertiary/aromatic N) is 3. The second kappa shape index (κ2) is 6.24. The van der Waals surface area contributed by atoms with Gasteiger partial charge in [-0.2, -0.15) is 11.8 Å². The first-order chi connectivity index (χ1) is 8.68. The van der Waals surface area contributed by atoms with Gasteiger partial charge in [0, 0.05) is 37.2 Å². The van der Waals surface area contributed by atoms with Crippen molar-refractivity contribution in [1.82, 2.24) is 14.5 Å². The Kier molecular flexibility index (Phi) is 4.66. The minimum atomic E-state index is -0.612. The van der Waals surface area contributed by atoms with E-state index in [1.807, 2.05) is 11.5 Å². The number of hydrogen-bond donors (Lipinski definition) is 1. The maximum Gasteiger partial charge on any atom is 0.224 e. The molecule has 0 saturated carbocycles. The Morgan fingerprint density at radius 2 is 2.56 bits per heavy atom. The van der Waals surface area contributed by atoms with Crippen molar-refractivity contribution < 1.29 is 9.90 Å². The van der Waals surface area contributed by atoms with E-state index in [1.165, 1.54) is 0 Å². The molecule has 1 atom stereocenters. The zero-order valence-electron chi connectivity index (χ0n) is 10.5. The van der Waals surface area contributed by atoms with Gasteiger partial charge in [-0.1, -0.05) is 0 Å². The number of aryl methyl sites for hydroxylation is 2. The van der Waals surface area contributed by atoms with E-state index in [-0.39, 0.29) is 5.91 Å². The molecule has 1 unspecified atom stereocenters. The molecule has 0 aliphatic carbocycles. The quantitative estimate of drug-likeness (QED) is 0.872. The van der Waals surface area contributed by atoms with E-state index in [0.29, 0.717) is 18.7 Å². The number of imidazole rings is 1. The molecule has 0 spiro atoms. The average Bonchev–Trinajstić information content (AvgIpc) is 2.75. The third-order valence-electron chi connectivity index (χ3n) is 3.07. The van der Waals surface area contributed by atoms with Crippen LogP contribution in [-0.2, 0) is 11.3 Å². The fraction of sp³-hybridized carbons (Fsp3) is 0.667. The van der Waals surface area contributed by atoms with E-state index in [4.69, 9.17) is 0 Å². The van der Waals surface area contributed by atoms with Crippen LogP contribution in [0.1, 0.15) is 18.7 Å². The summed E-state index contributed by atoms with van der Waals surface area (Å²) in [4.78, 5) is 17.5. The zero-order chi connectivity index (χ0) is 13.0. The molecule has 2 heterocycles. The van der Waals surface area contributed by atoms with Crippen LogP contribution in [0.3, 0.4) is 0 Å². The van der Waals surface area contributed by atoms with Crippen LogP contribution in [0.5, 0.6) is 0 Å². The summed E-state index contributed by atoms with van der Waals surface area (Å²) >= 11 is 1.69. The largest absolute Gasteiger partial charge is 0.373 e. The molecule has 1 aliphatic heterocycles. The van der Waals surface area contributed by atoms with Crippen LogP contribution in [-0.4, -0.2) is 49.7 Å². The Labute approximate surface area is 111 Å². The molecular formula is C12H18N3O2S. The smallest absolute Gasteiger partial charge is 0.224 e. The van der Waals surface area contributed by atoms with Crippen molar-refractivity contribution in [1.29, 1.82) is 0 Å². The van der Waals surface area contributed by atoms with Crippen molar-refractivity contribution in [3.8, 4) is 0 Å². The summed E-state index contributed by atoms with van der Waals surface area (Å²) in [7, 11) is 0. The molecule has 1 amide bonds. The summed E-state index contributed by atoms with van der Waals surface area (Å²) in [5, 5.41) is 9.73. The maximum absolute atomic E-state index is 11.9. The second-order valence-electron chi connectivity index (χ2n) is 4.36. The van der Waals surface area contributed by atoms with Crippen molar-refractivity contribution in [3.05, 3.63) is 18.2 Å². The number of carbonyl (C=O) groups is 1. The highest BCUT2D eigenvalue weighted by molar-refractivity contribution is 7.99. The van der Waals surface area contributed by atoms with E-state index in [1.54, 1.807) is 22.9 Å². The van der Waals surface area contributed by atoms with Crippen LogP contribution < -0.4 is 0 Å². The Morgan fingerprint density at radius 3 is 3.22 bits per heavy atom. The van der Waals surface area contributed by atoms with Crippen LogP contribution in [0.15, 0.2) is 6.20 Å². The van der Waals surface area contributed by atoms with Gasteiger partial charge in [0.15, 0.2) is 0 Å². The number of aliphatic hydroxyl groups is 1. The van der Waals surface area contributed by atoms with Crippen LogP contribution >= 0.6 is 11.8 Å². The van der Waals surface area contributed by atoms with Crippen molar-refractivity contribution >= 4 is 17.7 Å². The van der Waals surface area contributed by atoms with Crippen molar-refractivity contribution in [3.63, 3.8) is 0 Å². The maximum atomic E-state index is 11.9. The minimum absolute atomic E-state index is 0.0459. The lowest BCUT2D eigenvalue weighted by Gasteiger charge is -2.31. The number of hydrogen-bond acceptors (Lipinski definition) is 4. The third kappa shape index (κ3) is 3.26. The van der Waals surface area contributed by atoms with Crippen LogP contribution in [0, 0.1) is 13.1 Å². The van der Waals surface area contributed by atoms with Gasteiger partial charge in [0.25, 0.3) is 0 Å². The summed E-state index contributed by atoms with van der Waals surface area (Å²) in [6.45, 7) is 3.35. The lowest BCUT2D eigenvalue weighted by Crippen LogP contribution is -2.45. The molecule has 5 nitrogen and oxygen atoms in total. The number of thioether (sulfide) groups is 1. The highest BCUT2D eigenvalue weighted by atomic mass is 32.2. The normalized spacial score (nSPS) is 20.1. The Hall–Kier alpha value is -1.01. The lowest BCUT2D eigenvalue weighted by molar-refractivity contribution is -0.139. The molecule has 1 N–H and O–H groups in total. The average molecular weight is 268 g/mol. The predicted molar refractivity (Wildman–Crippen MR) is 70.1 cm³/mol. The van der Waals surface area contributed by atoms with Gasteiger partial charge in [0.2, 0.25) is 5.91 Å². The Bertz CT molecular complexity index is 408. The van der Waals surface area contributed by atoms with E-state index < -0.39 is 6.23 Å². The number of aromatic nitrogens is 2. The third-order valence-corrected chi connectivity index (χ3v) is 4.07. The number of aliphatic hydroxyl groups excluding tert-OH is 1. The zero-order valence-corrected chi connectivity index (χ0v) is 11.3. The van der Waals surface area contributed by atoms with Gasteiger partial charge >= 0.3 is 0 Å². The topological polar surface area (TPSA) is 58.4 Å². The minimum Gasteiger partial charge on any atom is -0.373 e. The Balaban J connectivity index is 1.76. The summed E-state index contributed by atoms with van der Waals surface area (Å²) in [6.07, 6.45) is 5.20. The fourth-order valence-electron chi connectivity index (χ4n) is 2.00. The second-order valence-corrected chi connectivity index (χ2v) is 5.51. The Morgan fingerprint density at radius 1 is 1.72 bits per heavy atom. The van der Waals surface area contributed by atoms with E-state index in [2.05, 4.69) is 11.2 Å². The summed E-state index contributed by atoms with van der Waals surface area (Å²) in [6, 6.07) is 0. The molecule has 6 heteroatoms. The van der Waals surface area contributed by atoms with Crippen molar-refractivity contribution in [2.45, 2.75) is 32.5 Å². The van der Waals surface area contributed by atoms with E-state index >= 15 is 0 Å². The molecule has 99 valence electrons. The highest BCUT2D eigenvalue weighted by Crippen LogP contribution is 2.16. The molecule has 1 radical (unpaired) electrons. The molecule has 1 aromatic heterocycles. The molecule has 2 rings (SSSR count). The molecule has 1 fully saturated rings. The van der Waals surface area contributed by atoms with Crippen molar-refractivity contribution in [2.75, 3.05) is 18.1 Å². The van der Waals surface area contributed by atoms with Gasteiger partial charge in [-0.05, 0) is 13.3 Å². The first kappa shape index (κ1) is 13.4. The van der Waals surface area contributed by atoms with Crippen LogP contribution in [0.4, 0.5) is 0 Å². The van der Waals surface area contributed by atoms with Crippen LogP contribution in [0.25, 0.3) is 0 Å². The number of rotatable bonds is 4. The van der Waals surface area contributed by atoms with Gasteiger partial charge in [-0.3, -0.25) is 4.79 Å². The van der Waals surface area contributed by atoms with Gasteiger partial charge in [0.1, 0.15) is 18.2 Å². The predicted octanol–water partition coefficient (Wildman–Crippen LogP) is 0.666. The van der Waals surface area contributed by atoms with Gasteiger partial charge in [0.05, 0.1) is 0 Å². The van der Waals surface area contributed by atoms with Gasteiger partial charge < -0.3 is 14.6 Å². The molecular weight excluding hydrogens is 250 g/mol. The first-order valence-corrected chi connectivity index (χ1v) is 7.29. The molecule has 1 aromatic rings. The van der Waals surface area contributed by atoms with E-state index in [0.717, 1.165) is 24.5 Å². The molecule has 1 aliphatic rings. The summed E-state index contributed by atoms with van der Waals surface area (Å²) in [5.41, 5.74) is 0. The summed E-state index contributed by atoms with van der Waals surface area (Å²) < 4.78 is 1.98.